The standard InChI is InChI=1S/C8H7ClN2O4/c1-2-5-3-6(10(12)13)8(9)7(4-5)11(14)15/h3-4H,2H2,1H3. The second-order valence-electron chi connectivity index (χ2n) is 2.82. The van der Waals surface area contributed by atoms with Crippen molar-refractivity contribution < 1.29 is 9.85 Å². The molecule has 15 heavy (non-hydrogen) atoms. The van der Waals surface area contributed by atoms with Crippen LogP contribution in [-0.4, -0.2) is 9.85 Å². The SMILES string of the molecule is CCc1cc([N+](=O)[O-])c(Cl)c([N+](=O)[O-])c1. The molecule has 6 nitrogen and oxygen atoms in total. The second-order valence-corrected chi connectivity index (χ2v) is 3.19. The zero-order valence-corrected chi connectivity index (χ0v) is 8.52. The van der Waals surface area contributed by atoms with Crippen LogP contribution in [0.25, 0.3) is 0 Å². The van der Waals surface area contributed by atoms with Crippen LogP contribution in [0.4, 0.5) is 11.4 Å². The van der Waals surface area contributed by atoms with Gasteiger partial charge in [0.25, 0.3) is 11.4 Å². The van der Waals surface area contributed by atoms with Crippen LogP contribution in [0.2, 0.25) is 5.02 Å². The van der Waals surface area contributed by atoms with E-state index in [1.165, 1.54) is 12.1 Å². The number of hydrogen-bond acceptors (Lipinski definition) is 4. The summed E-state index contributed by atoms with van der Waals surface area (Å²) in [6.07, 6.45) is 0.471. The first-order chi connectivity index (χ1) is 6.97. The van der Waals surface area contributed by atoms with Crippen LogP contribution < -0.4 is 0 Å². The van der Waals surface area contributed by atoms with E-state index in [1.54, 1.807) is 6.92 Å². The molecule has 1 aromatic rings. The number of nitro groups is 2. The van der Waals surface area contributed by atoms with Gasteiger partial charge in [-0.3, -0.25) is 20.2 Å². The summed E-state index contributed by atoms with van der Waals surface area (Å²) >= 11 is 5.54. The summed E-state index contributed by atoms with van der Waals surface area (Å²) in [6, 6.07) is 2.49. The first-order valence-corrected chi connectivity index (χ1v) is 4.46. The maximum absolute atomic E-state index is 10.6. The molecule has 7 heteroatoms. The third kappa shape index (κ3) is 2.21. The first kappa shape index (κ1) is 11.4. The Morgan fingerprint density at radius 3 is 1.87 bits per heavy atom. The Bertz CT molecular complexity index is 398. The Morgan fingerprint density at radius 1 is 1.20 bits per heavy atom. The van der Waals surface area contributed by atoms with Crippen molar-refractivity contribution in [1.29, 1.82) is 0 Å². The zero-order valence-electron chi connectivity index (χ0n) is 7.77. The molecule has 0 atom stereocenters. The summed E-state index contributed by atoms with van der Waals surface area (Å²) in [5.74, 6) is 0. The van der Waals surface area contributed by atoms with Crippen LogP contribution in [0, 0.1) is 20.2 Å². The molecule has 0 saturated carbocycles. The van der Waals surface area contributed by atoms with Crippen LogP contribution >= 0.6 is 11.6 Å². The molecule has 0 spiro atoms. The van der Waals surface area contributed by atoms with Crippen molar-refractivity contribution in [2.45, 2.75) is 13.3 Å². The summed E-state index contributed by atoms with van der Waals surface area (Å²) in [5.41, 5.74) is -0.344. The quantitative estimate of drug-likeness (QED) is 0.590. The first-order valence-electron chi connectivity index (χ1n) is 4.08. The van der Waals surface area contributed by atoms with Crippen LogP contribution in [0.3, 0.4) is 0 Å². The number of halogens is 1. The van der Waals surface area contributed by atoms with Gasteiger partial charge in [0.2, 0.25) is 0 Å². The van der Waals surface area contributed by atoms with E-state index in [4.69, 9.17) is 11.6 Å². The molecule has 0 aromatic heterocycles. The maximum Gasteiger partial charge on any atom is 0.295 e. The molecule has 0 heterocycles. The van der Waals surface area contributed by atoms with E-state index in [-0.39, 0.29) is 0 Å². The number of aryl methyl sites for hydroxylation is 1. The highest BCUT2D eigenvalue weighted by molar-refractivity contribution is 6.34. The zero-order chi connectivity index (χ0) is 11.6. The Balaban J connectivity index is 3.47. The van der Waals surface area contributed by atoms with Crippen molar-refractivity contribution in [3.8, 4) is 0 Å². The van der Waals surface area contributed by atoms with Crippen molar-refractivity contribution in [3.05, 3.63) is 42.9 Å². The normalized spacial score (nSPS) is 10.0. The molecule has 1 aromatic carbocycles. The Labute approximate surface area is 89.8 Å². The van der Waals surface area contributed by atoms with E-state index >= 15 is 0 Å². The lowest BCUT2D eigenvalue weighted by molar-refractivity contribution is -0.394. The Kier molecular flexibility index (Phi) is 3.21. The minimum Gasteiger partial charge on any atom is -0.258 e. The number of hydrogen-bond donors (Lipinski definition) is 0. The van der Waals surface area contributed by atoms with E-state index in [9.17, 15) is 20.2 Å². The lowest BCUT2D eigenvalue weighted by atomic mass is 10.1. The average molecular weight is 231 g/mol. The lowest BCUT2D eigenvalue weighted by Crippen LogP contribution is -1.97. The predicted octanol–water partition coefficient (Wildman–Crippen LogP) is 2.72. The molecule has 1 rings (SSSR count). The molecule has 80 valence electrons. The topological polar surface area (TPSA) is 86.3 Å². The average Bonchev–Trinajstić information content (AvgIpc) is 2.17. The Morgan fingerprint density at radius 2 is 1.60 bits per heavy atom. The van der Waals surface area contributed by atoms with Crippen molar-refractivity contribution in [2.24, 2.45) is 0 Å². The van der Waals surface area contributed by atoms with E-state index < -0.39 is 26.2 Å². The van der Waals surface area contributed by atoms with Gasteiger partial charge in [0.05, 0.1) is 9.85 Å². The van der Waals surface area contributed by atoms with E-state index in [0.29, 0.717) is 12.0 Å². The van der Waals surface area contributed by atoms with Crippen LogP contribution in [0.1, 0.15) is 12.5 Å². The van der Waals surface area contributed by atoms with Gasteiger partial charge in [0.15, 0.2) is 5.02 Å². The van der Waals surface area contributed by atoms with Gasteiger partial charge in [-0.1, -0.05) is 18.5 Å². The van der Waals surface area contributed by atoms with Gasteiger partial charge in [-0.2, -0.15) is 0 Å². The molecular formula is C8H7ClN2O4. The van der Waals surface area contributed by atoms with Crippen LogP contribution in [-0.2, 0) is 6.42 Å². The molecule has 0 amide bonds. The van der Waals surface area contributed by atoms with Gasteiger partial charge in [-0.05, 0) is 12.0 Å². The van der Waals surface area contributed by atoms with Gasteiger partial charge >= 0.3 is 0 Å². The molecule has 0 aliphatic heterocycles. The monoisotopic (exact) mass is 230 g/mol. The van der Waals surface area contributed by atoms with Crippen molar-refractivity contribution in [3.63, 3.8) is 0 Å². The molecule has 0 saturated heterocycles. The molecule has 0 bridgehead atoms. The van der Waals surface area contributed by atoms with Crippen molar-refractivity contribution >= 4 is 23.0 Å². The minimum atomic E-state index is -0.728. The number of rotatable bonds is 3. The minimum absolute atomic E-state index is 0.428. The summed E-state index contributed by atoms with van der Waals surface area (Å²) in [7, 11) is 0. The molecule has 0 radical (unpaired) electrons. The van der Waals surface area contributed by atoms with E-state index in [1.807, 2.05) is 0 Å². The van der Waals surface area contributed by atoms with E-state index in [2.05, 4.69) is 0 Å². The summed E-state index contributed by atoms with van der Waals surface area (Å²) in [5, 5.41) is 20.7. The predicted molar refractivity (Wildman–Crippen MR) is 54.1 cm³/mol. The molecule has 0 fully saturated rings. The van der Waals surface area contributed by atoms with Gasteiger partial charge in [-0.15, -0.1) is 0 Å². The molecule has 0 aliphatic carbocycles. The van der Waals surface area contributed by atoms with Gasteiger partial charge in [0, 0.05) is 12.1 Å². The summed E-state index contributed by atoms with van der Waals surface area (Å²) in [4.78, 5) is 19.7. The van der Waals surface area contributed by atoms with E-state index in [0.717, 1.165) is 0 Å². The number of nitro benzene ring substituents is 2. The second kappa shape index (κ2) is 4.22. The highest BCUT2D eigenvalue weighted by Crippen LogP contribution is 2.34. The maximum atomic E-state index is 10.6. The Hall–Kier alpha value is -1.69. The van der Waals surface area contributed by atoms with Gasteiger partial charge < -0.3 is 0 Å². The molecule has 0 unspecified atom stereocenters. The fourth-order valence-corrected chi connectivity index (χ4v) is 1.37. The lowest BCUT2D eigenvalue weighted by Gasteiger charge is -2.00. The van der Waals surface area contributed by atoms with Gasteiger partial charge in [-0.25, -0.2) is 0 Å². The molecule has 0 N–H and O–H groups in total. The summed E-state index contributed by atoms with van der Waals surface area (Å²) in [6.45, 7) is 1.75. The molecular weight excluding hydrogens is 224 g/mol. The fourth-order valence-electron chi connectivity index (χ4n) is 1.12. The highest BCUT2D eigenvalue weighted by atomic mass is 35.5. The number of nitrogens with zero attached hydrogens (tertiary/aromatic N) is 2. The van der Waals surface area contributed by atoms with Crippen molar-refractivity contribution in [1.82, 2.24) is 0 Å². The third-order valence-electron chi connectivity index (χ3n) is 1.90. The van der Waals surface area contributed by atoms with Crippen LogP contribution in [0.5, 0.6) is 0 Å². The largest absolute Gasteiger partial charge is 0.295 e. The smallest absolute Gasteiger partial charge is 0.258 e. The third-order valence-corrected chi connectivity index (χ3v) is 2.28. The number of benzene rings is 1. The van der Waals surface area contributed by atoms with Gasteiger partial charge in [0.1, 0.15) is 0 Å². The summed E-state index contributed by atoms with van der Waals surface area (Å²) < 4.78 is 0. The van der Waals surface area contributed by atoms with Crippen LogP contribution in [0.15, 0.2) is 12.1 Å². The molecule has 0 aliphatic rings. The van der Waals surface area contributed by atoms with Crippen molar-refractivity contribution in [2.75, 3.05) is 0 Å². The highest BCUT2D eigenvalue weighted by Gasteiger charge is 2.24. The fraction of sp³-hybridized carbons (Fsp3) is 0.250.